The van der Waals surface area contributed by atoms with Crippen LogP contribution in [0.5, 0.6) is 0 Å². The SMILES string of the molecule is O=C1C=CN(c2ccc(-n3cc(-c4ccc(Cl)c(Cl)c4)nn3)cc2)C(O)N1. The van der Waals surface area contributed by atoms with Crippen LogP contribution in [0.2, 0.25) is 10.0 Å². The maximum atomic E-state index is 11.2. The summed E-state index contributed by atoms with van der Waals surface area (Å²) < 4.78 is 1.63. The van der Waals surface area contributed by atoms with Gasteiger partial charge in [-0.25, -0.2) is 4.68 Å². The van der Waals surface area contributed by atoms with Gasteiger partial charge in [-0.1, -0.05) is 34.5 Å². The molecular weight excluding hydrogens is 389 g/mol. The van der Waals surface area contributed by atoms with Crippen molar-refractivity contribution in [3.63, 3.8) is 0 Å². The predicted octanol–water partition coefficient (Wildman–Crippen LogP) is 2.97. The third kappa shape index (κ3) is 3.52. The third-order valence-electron chi connectivity index (χ3n) is 4.04. The van der Waals surface area contributed by atoms with E-state index in [0.717, 1.165) is 11.3 Å². The molecule has 0 saturated heterocycles. The Morgan fingerprint density at radius 1 is 1.04 bits per heavy atom. The van der Waals surface area contributed by atoms with Gasteiger partial charge in [0, 0.05) is 23.5 Å². The third-order valence-corrected chi connectivity index (χ3v) is 4.78. The van der Waals surface area contributed by atoms with E-state index in [9.17, 15) is 9.90 Å². The number of aliphatic hydroxyl groups is 1. The zero-order chi connectivity index (χ0) is 19.0. The monoisotopic (exact) mass is 401 g/mol. The molecule has 0 fully saturated rings. The first-order valence-electron chi connectivity index (χ1n) is 7.94. The van der Waals surface area contributed by atoms with Crippen LogP contribution < -0.4 is 10.2 Å². The van der Waals surface area contributed by atoms with Crippen LogP contribution in [0, 0.1) is 0 Å². The number of hydrogen-bond donors (Lipinski definition) is 2. The van der Waals surface area contributed by atoms with Crippen molar-refractivity contribution in [2.24, 2.45) is 0 Å². The van der Waals surface area contributed by atoms with Crippen LogP contribution in [-0.4, -0.2) is 32.4 Å². The van der Waals surface area contributed by atoms with Crippen LogP contribution in [0.25, 0.3) is 16.9 Å². The molecule has 27 heavy (non-hydrogen) atoms. The van der Waals surface area contributed by atoms with E-state index < -0.39 is 6.35 Å². The van der Waals surface area contributed by atoms with E-state index in [1.54, 1.807) is 35.1 Å². The molecule has 0 saturated carbocycles. The van der Waals surface area contributed by atoms with E-state index in [4.69, 9.17) is 23.2 Å². The maximum Gasteiger partial charge on any atom is 0.248 e. The normalized spacial score (nSPS) is 16.5. The number of aliphatic hydroxyl groups excluding tert-OH is 1. The molecule has 2 N–H and O–H groups in total. The topological polar surface area (TPSA) is 83.3 Å². The first-order chi connectivity index (χ1) is 13.0. The van der Waals surface area contributed by atoms with Gasteiger partial charge in [-0.05, 0) is 36.4 Å². The lowest BCUT2D eigenvalue weighted by Gasteiger charge is -2.29. The van der Waals surface area contributed by atoms with E-state index in [1.165, 1.54) is 17.2 Å². The van der Waals surface area contributed by atoms with E-state index in [2.05, 4.69) is 15.6 Å². The summed E-state index contributed by atoms with van der Waals surface area (Å²) in [5, 5.41) is 21.6. The van der Waals surface area contributed by atoms with E-state index in [1.807, 2.05) is 18.2 Å². The van der Waals surface area contributed by atoms with Gasteiger partial charge in [0.15, 0.2) is 0 Å². The molecule has 0 aliphatic carbocycles. The molecule has 1 unspecified atom stereocenters. The summed E-state index contributed by atoms with van der Waals surface area (Å²) in [6.45, 7) is 0. The molecule has 1 aliphatic rings. The van der Waals surface area contributed by atoms with Gasteiger partial charge >= 0.3 is 0 Å². The summed E-state index contributed by atoms with van der Waals surface area (Å²) in [5.41, 5.74) is 2.98. The molecule has 0 radical (unpaired) electrons. The molecule has 3 aromatic rings. The fraction of sp³-hybridized carbons (Fsp3) is 0.0556. The van der Waals surface area contributed by atoms with Gasteiger partial charge in [0.1, 0.15) is 5.69 Å². The largest absolute Gasteiger partial charge is 0.356 e. The molecule has 9 heteroatoms. The summed E-state index contributed by atoms with van der Waals surface area (Å²) in [6.07, 6.45) is 3.54. The molecule has 1 amide bonds. The van der Waals surface area contributed by atoms with Crippen molar-refractivity contribution >= 4 is 34.8 Å². The number of hydrogen-bond acceptors (Lipinski definition) is 5. The second kappa shape index (κ2) is 7.03. The lowest BCUT2D eigenvalue weighted by molar-refractivity contribution is -0.119. The van der Waals surface area contributed by atoms with Crippen molar-refractivity contribution in [3.05, 3.63) is 71.0 Å². The zero-order valence-electron chi connectivity index (χ0n) is 13.8. The van der Waals surface area contributed by atoms with E-state index in [0.29, 0.717) is 21.4 Å². The average molecular weight is 402 g/mol. The summed E-state index contributed by atoms with van der Waals surface area (Å²) in [4.78, 5) is 12.8. The molecular formula is C18H13Cl2N5O2. The Bertz CT molecular complexity index is 1030. The number of benzene rings is 2. The minimum absolute atomic E-state index is 0.340. The first kappa shape index (κ1) is 17.5. The molecule has 2 aromatic carbocycles. The number of rotatable bonds is 3. The molecule has 1 atom stereocenters. The highest BCUT2D eigenvalue weighted by Crippen LogP contribution is 2.28. The van der Waals surface area contributed by atoms with E-state index >= 15 is 0 Å². The highest BCUT2D eigenvalue weighted by Gasteiger charge is 2.19. The number of halogens is 2. The van der Waals surface area contributed by atoms with Crippen molar-refractivity contribution in [2.75, 3.05) is 4.90 Å². The number of carbonyl (C=O) groups is 1. The van der Waals surface area contributed by atoms with Crippen molar-refractivity contribution in [1.29, 1.82) is 0 Å². The quantitative estimate of drug-likeness (QED) is 0.704. The van der Waals surface area contributed by atoms with Crippen LogP contribution in [0.3, 0.4) is 0 Å². The lowest BCUT2D eigenvalue weighted by atomic mass is 10.2. The predicted molar refractivity (Wildman–Crippen MR) is 103 cm³/mol. The van der Waals surface area contributed by atoms with Crippen molar-refractivity contribution in [2.45, 2.75) is 6.35 Å². The number of amides is 1. The Kier molecular flexibility index (Phi) is 4.57. The lowest BCUT2D eigenvalue weighted by Crippen LogP contribution is -2.48. The van der Waals surface area contributed by atoms with Crippen molar-refractivity contribution in [1.82, 2.24) is 20.3 Å². The fourth-order valence-electron chi connectivity index (χ4n) is 2.66. The van der Waals surface area contributed by atoms with Gasteiger partial charge in [0.05, 0.1) is 21.9 Å². The van der Waals surface area contributed by atoms with Gasteiger partial charge in [0.2, 0.25) is 12.3 Å². The maximum absolute atomic E-state index is 11.2. The Morgan fingerprint density at radius 2 is 1.78 bits per heavy atom. The van der Waals surface area contributed by atoms with Crippen LogP contribution in [0.15, 0.2) is 60.9 Å². The Labute approximate surface area is 164 Å². The fourth-order valence-corrected chi connectivity index (χ4v) is 2.96. The molecule has 2 heterocycles. The average Bonchev–Trinajstić information content (AvgIpc) is 3.14. The smallest absolute Gasteiger partial charge is 0.248 e. The zero-order valence-corrected chi connectivity index (χ0v) is 15.3. The standard InChI is InChI=1S/C18H13Cl2N5O2/c19-14-6-1-11(9-15(14)20)16-10-25(23-22-16)13-4-2-12(3-5-13)24-8-7-17(26)21-18(24)27/h1-10,18,27H,(H,21,26). The molecule has 7 nitrogen and oxygen atoms in total. The van der Waals surface area contributed by atoms with Gasteiger partial charge < -0.3 is 15.3 Å². The summed E-state index contributed by atoms with van der Waals surface area (Å²) in [5.74, 6) is -0.340. The van der Waals surface area contributed by atoms with Crippen LogP contribution in [0.1, 0.15) is 0 Å². The highest BCUT2D eigenvalue weighted by atomic mass is 35.5. The van der Waals surface area contributed by atoms with Crippen LogP contribution >= 0.6 is 23.2 Å². The van der Waals surface area contributed by atoms with Gasteiger partial charge in [0.25, 0.3) is 0 Å². The number of aromatic nitrogens is 3. The Morgan fingerprint density at radius 3 is 2.48 bits per heavy atom. The number of nitrogens with zero attached hydrogens (tertiary/aromatic N) is 4. The molecule has 136 valence electrons. The minimum atomic E-state index is -1.11. The number of anilines is 1. The summed E-state index contributed by atoms with van der Waals surface area (Å²) >= 11 is 12.0. The second-order valence-corrected chi connectivity index (χ2v) is 6.61. The summed E-state index contributed by atoms with van der Waals surface area (Å²) in [7, 11) is 0. The summed E-state index contributed by atoms with van der Waals surface area (Å²) in [6, 6.07) is 12.5. The van der Waals surface area contributed by atoms with Gasteiger partial charge in [-0.2, -0.15) is 0 Å². The van der Waals surface area contributed by atoms with Crippen molar-refractivity contribution in [3.8, 4) is 16.9 Å². The second-order valence-electron chi connectivity index (χ2n) is 5.80. The van der Waals surface area contributed by atoms with Crippen LogP contribution in [0.4, 0.5) is 5.69 Å². The van der Waals surface area contributed by atoms with Gasteiger partial charge in [-0.15, -0.1) is 5.10 Å². The Balaban J connectivity index is 1.58. The first-order valence-corrected chi connectivity index (χ1v) is 8.70. The molecule has 1 aromatic heterocycles. The molecule has 1 aliphatic heterocycles. The van der Waals surface area contributed by atoms with Crippen LogP contribution in [-0.2, 0) is 4.79 Å². The minimum Gasteiger partial charge on any atom is -0.356 e. The van der Waals surface area contributed by atoms with Gasteiger partial charge in [-0.3, -0.25) is 4.79 Å². The Hall–Kier alpha value is -2.87. The molecule has 0 spiro atoms. The van der Waals surface area contributed by atoms with E-state index in [-0.39, 0.29) is 5.91 Å². The molecule has 4 rings (SSSR count). The highest BCUT2D eigenvalue weighted by molar-refractivity contribution is 6.42. The molecule has 0 bridgehead atoms. The number of nitrogens with one attached hydrogen (secondary N) is 1. The van der Waals surface area contributed by atoms with Crippen molar-refractivity contribution < 1.29 is 9.90 Å². The number of carbonyl (C=O) groups excluding carboxylic acids is 1.